The number of hydrogen-bond donors (Lipinski definition) is 0. The predicted octanol–water partition coefficient (Wildman–Crippen LogP) is 2.41. The lowest BCUT2D eigenvalue weighted by Crippen LogP contribution is -2.52. The molecule has 1 heterocycles. The highest BCUT2D eigenvalue weighted by atomic mass is 16.5. The highest BCUT2D eigenvalue weighted by Crippen LogP contribution is 2.27. The van der Waals surface area contributed by atoms with Crippen molar-refractivity contribution in [3.05, 3.63) is 12.2 Å². The topological polar surface area (TPSA) is 29.5 Å². The van der Waals surface area contributed by atoms with Gasteiger partial charge in [-0.3, -0.25) is 9.69 Å². The lowest BCUT2D eigenvalue weighted by atomic mass is 9.90. The fourth-order valence-corrected chi connectivity index (χ4v) is 2.22. The van der Waals surface area contributed by atoms with Gasteiger partial charge in [-0.2, -0.15) is 0 Å². The SMILES string of the molecule is CC.CC(=O)/C=C/[C@@H]1COCCN1C1CCC1. The van der Waals surface area contributed by atoms with E-state index in [9.17, 15) is 4.79 Å². The highest BCUT2D eigenvalue weighted by Gasteiger charge is 2.31. The van der Waals surface area contributed by atoms with Crippen molar-refractivity contribution in [2.75, 3.05) is 19.8 Å². The van der Waals surface area contributed by atoms with Crippen molar-refractivity contribution in [2.45, 2.75) is 52.1 Å². The number of carbonyl (C=O) groups is 1. The monoisotopic (exact) mass is 239 g/mol. The molecule has 1 atom stereocenters. The van der Waals surface area contributed by atoms with E-state index in [1.165, 1.54) is 19.3 Å². The van der Waals surface area contributed by atoms with Crippen molar-refractivity contribution in [3.8, 4) is 0 Å². The van der Waals surface area contributed by atoms with Crippen LogP contribution in [-0.2, 0) is 9.53 Å². The Labute approximate surface area is 105 Å². The Hall–Kier alpha value is -0.670. The van der Waals surface area contributed by atoms with Crippen molar-refractivity contribution < 1.29 is 9.53 Å². The van der Waals surface area contributed by atoms with Crippen LogP contribution in [-0.4, -0.2) is 42.5 Å². The van der Waals surface area contributed by atoms with Gasteiger partial charge in [0, 0.05) is 12.6 Å². The zero-order valence-electron chi connectivity index (χ0n) is 11.3. The summed E-state index contributed by atoms with van der Waals surface area (Å²) in [5, 5.41) is 0. The third-order valence-electron chi connectivity index (χ3n) is 3.31. The van der Waals surface area contributed by atoms with Crippen LogP contribution < -0.4 is 0 Å². The van der Waals surface area contributed by atoms with Crippen LogP contribution in [0.3, 0.4) is 0 Å². The molecule has 3 nitrogen and oxygen atoms in total. The Kier molecular flexibility index (Phi) is 6.45. The molecule has 0 aromatic carbocycles. The second kappa shape index (κ2) is 7.62. The van der Waals surface area contributed by atoms with Gasteiger partial charge in [0.1, 0.15) is 0 Å². The molecule has 0 spiro atoms. The molecule has 3 heteroatoms. The van der Waals surface area contributed by atoms with Gasteiger partial charge < -0.3 is 4.74 Å². The Morgan fingerprint density at radius 3 is 2.59 bits per heavy atom. The van der Waals surface area contributed by atoms with Crippen LogP contribution in [0, 0.1) is 0 Å². The molecule has 0 amide bonds. The number of hydrogen-bond acceptors (Lipinski definition) is 3. The molecule has 17 heavy (non-hydrogen) atoms. The van der Waals surface area contributed by atoms with E-state index < -0.39 is 0 Å². The normalized spacial score (nSPS) is 26.2. The van der Waals surface area contributed by atoms with E-state index in [-0.39, 0.29) is 5.78 Å². The molecule has 98 valence electrons. The minimum absolute atomic E-state index is 0.120. The van der Waals surface area contributed by atoms with E-state index in [1.807, 2.05) is 19.9 Å². The number of ether oxygens (including phenoxy) is 1. The summed E-state index contributed by atoms with van der Waals surface area (Å²) in [6.45, 7) is 8.17. The Morgan fingerprint density at radius 1 is 1.35 bits per heavy atom. The lowest BCUT2D eigenvalue weighted by Gasteiger charge is -2.43. The van der Waals surface area contributed by atoms with E-state index >= 15 is 0 Å². The summed E-state index contributed by atoms with van der Waals surface area (Å²) in [4.78, 5) is 13.4. The number of rotatable bonds is 3. The van der Waals surface area contributed by atoms with Crippen LogP contribution in [0.5, 0.6) is 0 Å². The third kappa shape index (κ3) is 4.25. The molecule has 0 bridgehead atoms. The number of allylic oxidation sites excluding steroid dienone is 1. The molecular weight excluding hydrogens is 214 g/mol. The van der Waals surface area contributed by atoms with Gasteiger partial charge >= 0.3 is 0 Å². The Bertz CT molecular complexity index is 259. The predicted molar refractivity (Wildman–Crippen MR) is 70.1 cm³/mol. The van der Waals surface area contributed by atoms with Crippen LogP contribution >= 0.6 is 0 Å². The second-order valence-corrected chi connectivity index (χ2v) is 4.43. The fraction of sp³-hybridized carbons (Fsp3) is 0.786. The molecule has 1 saturated carbocycles. The number of nitrogens with zero attached hydrogens (tertiary/aromatic N) is 1. The molecule has 2 rings (SSSR count). The first-order chi connectivity index (χ1) is 8.27. The maximum absolute atomic E-state index is 10.9. The molecule has 0 aromatic heterocycles. The van der Waals surface area contributed by atoms with E-state index in [2.05, 4.69) is 4.90 Å². The third-order valence-corrected chi connectivity index (χ3v) is 3.31. The fourth-order valence-electron chi connectivity index (χ4n) is 2.22. The van der Waals surface area contributed by atoms with Gasteiger partial charge in [0.25, 0.3) is 0 Å². The molecule has 0 unspecified atom stereocenters. The summed E-state index contributed by atoms with van der Waals surface area (Å²) in [6.07, 6.45) is 7.64. The van der Waals surface area contributed by atoms with Crippen LogP contribution in [0.1, 0.15) is 40.0 Å². The molecular formula is C14H25NO2. The van der Waals surface area contributed by atoms with Gasteiger partial charge in [0.05, 0.1) is 19.3 Å². The van der Waals surface area contributed by atoms with Gasteiger partial charge in [-0.15, -0.1) is 0 Å². The van der Waals surface area contributed by atoms with Crippen molar-refractivity contribution in [1.82, 2.24) is 4.90 Å². The zero-order valence-corrected chi connectivity index (χ0v) is 11.3. The van der Waals surface area contributed by atoms with Crippen LogP contribution in [0.25, 0.3) is 0 Å². The van der Waals surface area contributed by atoms with E-state index in [0.29, 0.717) is 6.04 Å². The molecule has 1 aliphatic heterocycles. The maximum Gasteiger partial charge on any atom is 0.152 e. The van der Waals surface area contributed by atoms with E-state index in [4.69, 9.17) is 4.74 Å². The van der Waals surface area contributed by atoms with Crippen LogP contribution in [0.15, 0.2) is 12.2 Å². The molecule has 0 N–H and O–H groups in total. The minimum Gasteiger partial charge on any atom is -0.378 e. The largest absolute Gasteiger partial charge is 0.378 e. The Balaban J connectivity index is 0.000000686. The van der Waals surface area contributed by atoms with Crippen molar-refractivity contribution in [2.24, 2.45) is 0 Å². The molecule has 0 aromatic rings. The smallest absolute Gasteiger partial charge is 0.152 e. The summed E-state index contributed by atoms with van der Waals surface area (Å²) in [5.41, 5.74) is 0. The van der Waals surface area contributed by atoms with Gasteiger partial charge in [-0.05, 0) is 25.8 Å². The quantitative estimate of drug-likeness (QED) is 0.708. The number of morpholine rings is 1. The molecule has 2 fully saturated rings. The van der Waals surface area contributed by atoms with Crippen LogP contribution in [0.2, 0.25) is 0 Å². The minimum atomic E-state index is 0.120. The molecule has 1 aliphatic carbocycles. The summed E-state index contributed by atoms with van der Waals surface area (Å²) >= 11 is 0. The second-order valence-electron chi connectivity index (χ2n) is 4.43. The van der Waals surface area contributed by atoms with Gasteiger partial charge in [-0.25, -0.2) is 0 Å². The summed E-state index contributed by atoms with van der Waals surface area (Å²) in [7, 11) is 0. The maximum atomic E-state index is 10.9. The number of ketones is 1. The summed E-state index contributed by atoms with van der Waals surface area (Å²) < 4.78 is 5.46. The highest BCUT2D eigenvalue weighted by molar-refractivity contribution is 5.87. The average molecular weight is 239 g/mol. The van der Waals surface area contributed by atoms with Crippen molar-refractivity contribution >= 4 is 5.78 Å². The molecule has 2 aliphatic rings. The molecule has 1 saturated heterocycles. The standard InChI is InChI=1S/C12H19NO2.C2H6/c1-10(14)5-6-12-9-15-8-7-13(12)11-3-2-4-11;1-2/h5-6,11-12H,2-4,7-9H2,1H3;1-2H3/b6-5+;/t12-;/m1./s1. The number of carbonyl (C=O) groups excluding carboxylic acids is 1. The Morgan fingerprint density at radius 2 is 2.06 bits per heavy atom. The molecule has 0 radical (unpaired) electrons. The first-order valence-electron chi connectivity index (χ1n) is 6.79. The first-order valence-corrected chi connectivity index (χ1v) is 6.79. The van der Waals surface area contributed by atoms with Crippen molar-refractivity contribution in [3.63, 3.8) is 0 Å². The average Bonchev–Trinajstić information content (AvgIpc) is 2.28. The van der Waals surface area contributed by atoms with E-state index in [0.717, 1.165) is 25.8 Å². The lowest BCUT2D eigenvalue weighted by molar-refractivity contribution is -0.112. The van der Waals surface area contributed by atoms with Gasteiger partial charge in [0.2, 0.25) is 0 Å². The van der Waals surface area contributed by atoms with Gasteiger partial charge in [-0.1, -0.05) is 26.3 Å². The van der Waals surface area contributed by atoms with Crippen LogP contribution in [0.4, 0.5) is 0 Å². The van der Waals surface area contributed by atoms with Crippen molar-refractivity contribution in [1.29, 1.82) is 0 Å². The summed E-state index contributed by atoms with van der Waals surface area (Å²) in [5.74, 6) is 0.120. The van der Waals surface area contributed by atoms with Gasteiger partial charge in [0.15, 0.2) is 5.78 Å². The first kappa shape index (κ1) is 14.4. The van der Waals surface area contributed by atoms with E-state index in [1.54, 1.807) is 13.0 Å². The summed E-state index contributed by atoms with van der Waals surface area (Å²) in [6, 6.07) is 1.04. The zero-order chi connectivity index (χ0) is 12.7.